The van der Waals surface area contributed by atoms with E-state index in [4.69, 9.17) is 10.00 Å². The van der Waals surface area contributed by atoms with Gasteiger partial charge in [-0.1, -0.05) is 0 Å². The summed E-state index contributed by atoms with van der Waals surface area (Å²) in [5.74, 6) is 1.23. The second-order valence-electron chi connectivity index (χ2n) is 4.00. The maximum absolute atomic E-state index is 8.62. The maximum atomic E-state index is 8.62. The van der Waals surface area contributed by atoms with Crippen LogP contribution in [0.1, 0.15) is 18.4 Å². The molecule has 1 aliphatic heterocycles. The van der Waals surface area contributed by atoms with Crippen molar-refractivity contribution in [3.63, 3.8) is 0 Å². The molecule has 0 unspecified atom stereocenters. The van der Waals surface area contributed by atoms with E-state index in [0.717, 1.165) is 32.5 Å². The average molecular weight is 217 g/mol. The van der Waals surface area contributed by atoms with E-state index in [9.17, 15) is 0 Å². The minimum atomic E-state index is 0.564. The predicted octanol–water partition coefficient (Wildman–Crippen LogP) is 1.33. The quantitative estimate of drug-likeness (QED) is 0.829. The first-order chi connectivity index (χ1) is 7.88. The molecule has 2 heterocycles. The number of pyridine rings is 1. The molecule has 1 saturated heterocycles. The Hall–Kier alpha value is -1.60. The smallest absolute Gasteiger partial charge is 0.213 e. The van der Waals surface area contributed by atoms with Gasteiger partial charge in [0.2, 0.25) is 5.88 Å². The third-order valence-corrected chi connectivity index (χ3v) is 2.79. The van der Waals surface area contributed by atoms with E-state index in [-0.39, 0.29) is 0 Å². The van der Waals surface area contributed by atoms with E-state index < -0.39 is 0 Å². The van der Waals surface area contributed by atoms with Gasteiger partial charge in [-0.3, -0.25) is 0 Å². The first-order valence-electron chi connectivity index (χ1n) is 5.58. The molecule has 1 aromatic heterocycles. The zero-order valence-corrected chi connectivity index (χ0v) is 9.15. The topological polar surface area (TPSA) is 57.9 Å². The van der Waals surface area contributed by atoms with Crippen LogP contribution >= 0.6 is 0 Å². The zero-order chi connectivity index (χ0) is 11.2. The van der Waals surface area contributed by atoms with Crippen molar-refractivity contribution >= 4 is 0 Å². The van der Waals surface area contributed by atoms with E-state index in [1.807, 2.05) is 6.07 Å². The lowest BCUT2D eigenvalue weighted by molar-refractivity contribution is 0.209. The van der Waals surface area contributed by atoms with Crippen LogP contribution in [-0.2, 0) is 0 Å². The number of nitrogens with zero attached hydrogens (tertiary/aromatic N) is 2. The second-order valence-corrected chi connectivity index (χ2v) is 4.00. The van der Waals surface area contributed by atoms with Gasteiger partial charge < -0.3 is 10.1 Å². The number of hydrogen-bond donors (Lipinski definition) is 1. The Labute approximate surface area is 95.3 Å². The molecule has 1 fully saturated rings. The van der Waals surface area contributed by atoms with Crippen LogP contribution in [0.4, 0.5) is 0 Å². The second kappa shape index (κ2) is 5.47. The molecular formula is C12H15N3O. The van der Waals surface area contributed by atoms with E-state index in [1.54, 1.807) is 12.1 Å². The fourth-order valence-corrected chi connectivity index (χ4v) is 1.78. The predicted molar refractivity (Wildman–Crippen MR) is 60.0 cm³/mol. The first kappa shape index (κ1) is 10.9. The molecule has 0 spiro atoms. The summed E-state index contributed by atoms with van der Waals surface area (Å²) in [4.78, 5) is 4.07. The van der Waals surface area contributed by atoms with Gasteiger partial charge in [0.05, 0.1) is 12.2 Å². The first-order valence-corrected chi connectivity index (χ1v) is 5.58. The lowest BCUT2D eigenvalue weighted by Gasteiger charge is -2.22. The summed E-state index contributed by atoms with van der Waals surface area (Å²) in [6.45, 7) is 2.88. The van der Waals surface area contributed by atoms with Gasteiger partial charge >= 0.3 is 0 Å². The van der Waals surface area contributed by atoms with E-state index in [1.165, 1.54) is 6.20 Å². The van der Waals surface area contributed by atoms with Crippen LogP contribution in [-0.4, -0.2) is 24.7 Å². The molecule has 0 saturated carbocycles. The van der Waals surface area contributed by atoms with Crippen LogP contribution in [0.25, 0.3) is 0 Å². The van der Waals surface area contributed by atoms with Crippen LogP contribution in [0.5, 0.6) is 5.88 Å². The van der Waals surface area contributed by atoms with Crippen molar-refractivity contribution in [1.82, 2.24) is 10.3 Å². The monoisotopic (exact) mass is 217 g/mol. The van der Waals surface area contributed by atoms with Gasteiger partial charge in [0.25, 0.3) is 0 Å². The Morgan fingerprint density at radius 3 is 2.88 bits per heavy atom. The van der Waals surface area contributed by atoms with Crippen molar-refractivity contribution in [2.24, 2.45) is 5.92 Å². The molecule has 0 atom stereocenters. The fraction of sp³-hybridized carbons (Fsp3) is 0.500. The van der Waals surface area contributed by atoms with Crippen LogP contribution < -0.4 is 10.1 Å². The number of piperidine rings is 1. The molecule has 1 aromatic rings. The summed E-state index contributed by atoms with van der Waals surface area (Å²) >= 11 is 0. The number of ether oxygens (including phenoxy) is 1. The highest BCUT2D eigenvalue weighted by Crippen LogP contribution is 2.14. The van der Waals surface area contributed by atoms with Crippen molar-refractivity contribution in [2.75, 3.05) is 19.7 Å². The largest absolute Gasteiger partial charge is 0.477 e. The van der Waals surface area contributed by atoms with Gasteiger partial charge in [-0.05, 0) is 37.9 Å². The minimum absolute atomic E-state index is 0.564. The maximum Gasteiger partial charge on any atom is 0.213 e. The van der Waals surface area contributed by atoms with Crippen LogP contribution in [0.2, 0.25) is 0 Å². The Morgan fingerprint density at radius 2 is 2.25 bits per heavy atom. The number of rotatable bonds is 3. The van der Waals surface area contributed by atoms with Crippen LogP contribution in [0.15, 0.2) is 18.3 Å². The third-order valence-electron chi connectivity index (χ3n) is 2.79. The molecule has 4 nitrogen and oxygen atoms in total. The van der Waals surface area contributed by atoms with Crippen LogP contribution in [0.3, 0.4) is 0 Å². The lowest BCUT2D eigenvalue weighted by atomic mass is 9.99. The number of hydrogen-bond acceptors (Lipinski definition) is 4. The fourth-order valence-electron chi connectivity index (χ4n) is 1.78. The normalized spacial score (nSPS) is 16.7. The Kier molecular flexibility index (Phi) is 3.73. The molecule has 16 heavy (non-hydrogen) atoms. The number of nitriles is 1. The summed E-state index contributed by atoms with van der Waals surface area (Å²) in [5.41, 5.74) is 0.564. The van der Waals surface area contributed by atoms with Crippen LogP contribution in [0, 0.1) is 17.2 Å². The van der Waals surface area contributed by atoms with Gasteiger partial charge in [0, 0.05) is 12.3 Å². The van der Waals surface area contributed by atoms with Gasteiger partial charge in [-0.15, -0.1) is 0 Å². The highest BCUT2D eigenvalue weighted by Gasteiger charge is 2.13. The highest BCUT2D eigenvalue weighted by atomic mass is 16.5. The molecular weight excluding hydrogens is 202 g/mol. The average Bonchev–Trinajstić information content (AvgIpc) is 2.38. The van der Waals surface area contributed by atoms with Gasteiger partial charge in [0.1, 0.15) is 6.07 Å². The van der Waals surface area contributed by atoms with Crippen molar-refractivity contribution < 1.29 is 4.74 Å². The van der Waals surface area contributed by atoms with Gasteiger partial charge in [-0.25, -0.2) is 4.98 Å². The Bertz CT molecular complexity index is 363. The molecule has 0 bridgehead atoms. The van der Waals surface area contributed by atoms with E-state index >= 15 is 0 Å². The molecule has 0 amide bonds. The standard InChI is InChI=1S/C12H15N3O/c13-7-11-1-2-12(15-8-11)16-9-10-3-5-14-6-4-10/h1-2,8,10,14H,3-6,9H2. The number of aromatic nitrogens is 1. The summed E-state index contributed by atoms with van der Waals surface area (Å²) in [7, 11) is 0. The Balaban J connectivity index is 1.82. The highest BCUT2D eigenvalue weighted by molar-refractivity contribution is 5.28. The summed E-state index contributed by atoms with van der Waals surface area (Å²) in [6, 6.07) is 5.51. The van der Waals surface area contributed by atoms with Crippen molar-refractivity contribution in [2.45, 2.75) is 12.8 Å². The summed E-state index contributed by atoms with van der Waals surface area (Å²) in [6.07, 6.45) is 3.87. The van der Waals surface area contributed by atoms with E-state index in [2.05, 4.69) is 10.3 Å². The molecule has 0 aliphatic carbocycles. The SMILES string of the molecule is N#Cc1ccc(OCC2CCNCC2)nc1. The zero-order valence-electron chi connectivity index (χ0n) is 9.15. The van der Waals surface area contributed by atoms with Crippen molar-refractivity contribution in [3.05, 3.63) is 23.9 Å². The summed E-state index contributed by atoms with van der Waals surface area (Å²) < 4.78 is 5.60. The van der Waals surface area contributed by atoms with Gasteiger partial charge in [-0.2, -0.15) is 5.26 Å². The number of nitrogens with one attached hydrogen (secondary N) is 1. The molecule has 0 aromatic carbocycles. The minimum Gasteiger partial charge on any atom is -0.477 e. The van der Waals surface area contributed by atoms with Crippen molar-refractivity contribution in [1.29, 1.82) is 5.26 Å². The molecule has 4 heteroatoms. The summed E-state index contributed by atoms with van der Waals surface area (Å²) in [5, 5.41) is 11.9. The molecule has 0 radical (unpaired) electrons. The molecule has 84 valence electrons. The van der Waals surface area contributed by atoms with E-state index in [0.29, 0.717) is 17.4 Å². The molecule has 2 rings (SSSR count). The molecule has 1 N–H and O–H groups in total. The molecule has 1 aliphatic rings. The third kappa shape index (κ3) is 2.94. The lowest BCUT2D eigenvalue weighted by Crippen LogP contribution is -2.30. The Morgan fingerprint density at radius 1 is 1.44 bits per heavy atom. The van der Waals surface area contributed by atoms with Gasteiger partial charge in [0.15, 0.2) is 0 Å². The van der Waals surface area contributed by atoms with Crippen molar-refractivity contribution in [3.8, 4) is 11.9 Å².